The first-order chi connectivity index (χ1) is 8.58. The Bertz CT molecular complexity index is 549. The maximum absolute atomic E-state index is 6.44. The Morgan fingerprint density at radius 1 is 1.06 bits per heavy atom. The average molecular weight is 300 g/mol. The molecule has 0 amide bonds. The van der Waals surface area contributed by atoms with E-state index in [4.69, 9.17) is 34.8 Å². The second-order valence-electron chi connectivity index (χ2n) is 4.28. The Labute approximate surface area is 122 Å². The van der Waals surface area contributed by atoms with E-state index in [0.717, 1.165) is 26.7 Å². The van der Waals surface area contributed by atoms with Crippen molar-refractivity contribution in [2.75, 3.05) is 0 Å². The zero-order chi connectivity index (χ0) is 13.1. The van der Waals surface area contributed by atoms with Crippen LogP contribution in [0.1, 0.15) is 22.1 Å². The van der Waals surface area contributed by atoms with Gasteiger partial charge in [0.05, 0.1) is 5.38 Å². The Balaban J connectivity index is 2.22. The van der Waals surface area contributed by atoms with Crippen LogP contribution in [-0.4, -0.2) is 0 Å². The zero-order valence-corrected chi connectivity index (χ0v) is 12.2. The predicted octanol–water partition coefficient (Wildman–Crippen LogP) is 5.82. The number of halogens is 3. The normalized spacial score (nSPS) is 12.4. The van der Waals surface area contributed by atoms with E-state index in [1.807, 2.05) is 49.4 Å². The van der Waals surface area contributed by atoms with Crippen LogP contribution in [0.25, 0.3) is 0 Å². The fourth-order valence-corrected chi connectivity index (χ4v) is 2.78. The van der Waals surface area contributed by atoms with Crippen LogP contribution < -0.4 is 0 Å². The number of rotatable bonds is 3. The van der Waals surface area contributed by atoms with Crippen molar-refractivity contribution in [2.24, 2.45) is 0 Å². The van der Waals surface area contributed by atoms with Gasteiger partial charge in [-0.05, 0) is 42.2 Å². The number of benzene rings is 2. The van der Waals surface area contributed by atoms with Crippen LogP contribution in [-0.2, 0) is 6.42 Å². The molecule has 3 heteroatoms. The van der Waals surface area contributed by atoms with Crippen LogP contribution in [0.3, 0.4) is 0 Å². The van der Waals surface area contributed by atoms with Crippen molar-refractivity contribution < 1.29 is 0 Å². The van der Waals surface area contributed by atoms with Crippen molar-refractivity contribution in [3.05, 3.63) is 69.2 Å². The molecule has 0 nitrogen and oxygen atoms in total. The molecule has 0 aromatic heterocycles. The number of alkyl halides is 1. The van der Waals surface area contributed by atoms with Gasteiger partial charge in [0.1, 0.15) is 0 Å². The lowest BCUT2D eigenvalue weighted by Crippen LogP contribution is -1.97. The minimum absolute atomic E-state index is 0.143. The van der Waals surface area contributed by atoms with Crippen LogP contribution in [0.5, 0.6) is 0 Å². The smallest absolute Gasteiger partial charge is 0.0640 e. The summed E-state index contributed by atoms with van der Waals surface area (Å²) in [6.07, 6.45) is 0.714. The van der Waals surface area contributed by atoms with Gasteiger partial charge in [0.15, 0.2) is 0 Å². The summed E-state index contributed by atoms with van der Waals surface area (Å²) in [5, 5.41) is 1.34. The highest BCUT2D eigenvalue weighted by Gasteiger charge is 2.13. The number of aryl methyl sites for hydroxylation is 1. The molecule has 0 saturated carbocycles. The van der Waals surface area contributed by atoms with Crippen molar-refractivity contribution in [2.45, 2.75) is 18.7 Å². The highest BCUT2D eigenvalue weighted by Crippen LogP contribution is 2.32. The second kappa shape index (κ2) is 5.97. The SMILES string of the molecule is Cc1cccc(C(Cl)Cc2cccc(Cl)c2)c1Cl. The summed E-state index contributed by atoms with van der Waals surface area (Å²) in [5.41, 5.74) is 3.13. The summed E-state index contributed by atoms with van der Waals surface area (Å²) in [4.78, 5) is 0. The third kappa shape index (κ3) is 3.20. The topological polar surface area (TPSA) is 0 Å². The molecule has 2 aromatic rings. The summed E-state index contributed by atoms with van der Waals surface area (Å²) >= 11 is 18.7. The molecule has 2 aromatic carbocycles. The van der Waals surface area contributed by atoms with Crippen molar-refractivity contribution in [3.63, 3.8) is 0 Å². The van der Waals surface area contributed by atoms with E-state index in [1.165, 1.54) is 0 Å². The van der Waals surface area contributed by atoms with Gasteiger partial charge in [0, 0.05) is 10.0 Å². The molecule has 0 aliphatic carbocycles. The van der Waals surface area contributed by atoms with E-state index in [0.29, 0.717) is 6.42 Å². The van der Waals surface area contributed by atoms with Crippen LogP contribution in [0.2, 0.25) is 10.0 Å². The van der Waals surface area contributed by atoms with Gasteiger partial charge in [-0.15, -0.1) is 11.6 Å². The second-order valence-corrected chi connectivity index (χ2v) is 5.62. The van der Waals surface area contributed by atoms with E-state index in [-0.39, 0.29) is 5.38 Å². The maximum Gasteiger partial charge on any atom is 0.0640 e. The van der Waals surface area contributed by atoms with Crippen LogP contribution >= 0.6 is 34.8 Å². The average Bonchev–Trinajstić information content (AvgIpc) is 2.32. The zero-order valence-electron chi connectivity index (χ0n) is 9.96. The van der Waals surface area contributed by atoms with E-state index < -0.39 is 0 Å². The first kappa shape index (κ1) is 13.7. The van der Waals surface area contributed by atoms with Gasteiger partial charge in [-0.3, -0.25) is 0 Å². The summed E-state index contributed by atoms with van der Waals surface area (Å²) in [6, 6.07) is 13.7. The molecule has 0 N–H and O–H groups in total. The first-order valence-electron chi connectivity index (χ1n) is 5.71. The highest BCUT2D eigenvalue weighted by molar-refractivity contribution is 6.33. The molecule has 0 bridgehead atoms. The van der Waals surface area contributed by atoms with Crippen LogP contribution in [0.15, 0.2) is 42.5 Å². The van der Waals surface area contributed by atoms with Crippen molar-refractivity contribution in [1.82, 2.24) is 0 Å². The van der Waals surface area contributed by atoms with Crippen molar-refractivity contribution in [1.29, 1.82) is 0 Å². The van der Waals surface area contributed by atoms with Gasteiger partial charge < -0.3 is 0 Å². The monoisotopic (exact) mass is 298 g/mol. The lowest BCUT2D eigenvalue weighted by Gasteiger charge is -2.13. The molecule has 94 valence electrons. The summed E-state index contributed by atoms with van der Waals surface area (Å²) < 4.78 is 0. The summed E-state index contributed by atoms with van der Waals surface area (Å²) in [5.74, 6) is 0. The Morgan fingerprint density at radius 2 is 1.78 bits per heavy atom. The fraction of sp³-hybridized carbons (Fsp3) is 0.200. The van der Waals surface area contributed by atoms with E-state index in [9.17, 15) is 0 Å². The highest BCUT2D eigenvalue weighted by atomic mass is 35.5. The molecular weight excluding hydrogens is 287 g/mol. The Morgan fingerprint density at radius 3 is 2.50 bits per heavy atom. The molecule has 2 rings (SSSR count). The molecule has 0 spiro atoms. The van der Waals surface area contributed by atoms with E-state index in [2.05, 4.69) is 0 Å². The van der Waals surface area contributed by atoms with Crippen molar-refractivity contribution >= 4 is 34.8 Å². The van der Waals surface area contributed by atoms with E-state index >= 15 is 0 Å². The molecule has 0 aliphatic rings. The summed E-state index contributed by atoms with van der Waals surface area (Å²) in [6.45, 7) is 1.98. The first-order valence-corrected chi connectivity index (χ1v) is 6.90. The largest absolute Gasteiger partial charge is 0.117 e. The molecule has 18 heavy (non-hydrogen) atoms. The van der Waals surface area contributed by atoms with Gasteiger partial charge in [-0.25, -0.2) is 0 Å². The molecular formula is C15H13Cl3. The van der Waals surface area contributed by atoms with E-state index in [1.54, 1.807) is 0 Å². The molecule has 1 unspecified atom stereocenters. The lowest BCUT2D eigenvalue weighted by molar-refractivity contribution is 0.918. The van der Waals surface area contributed by atoms with Crippen LogP contribution in [0, 0.1) is 6.92 Å². The molecule has 0 radical (unpaired) electrons. The summed E-state index contributed by atoms with van der Waals surface area (Å²) in [7, 11) is 0. The number of hydrogen-bond donors (Lipinski definition) is 0. The van der Waals surface area contributed by atoms with Gasteiger partial charge >= 0.3 is 0 Å². The third-order valence-corrected chi connectivity index (χ3v) is 4.00. The van der Waals surface area contributed by atoms with Crippen molar-refractivity contribution in [3.8, 4) is 0 Å². The quantitative estimate of drug-likeness (QED) is 0.626. The molecule has 0 heterocycles. The minimum Gasteiger partial charge on any atom is -0.117 e. The standard InChI is InChI=1S/C15H13Cl3/c1-10-4-2-7-13(15(10)18)14(17)9-11-5-3-6-12(16)8-11/h2-8,14H,9H2,1H3. The van der Waals surface area contributed by atoms with Gasteiger partial charge in [-0.1, -0.05) is 53.5 Å². The van der Waals surface area contributed by atoms with Crippen LogP contribution in [0.4, 0.5) is 0 Å². The fourth-order valence-electron chi connectivity index (χ4n) is 1.89. The van der Waals surface area contributed by atoms with Gasteiger partial charge in [0.2, 0.25) is 0 Å². The maximum atomic E-state index is 6.44. The van der Waals surface area contributed by atoms with Gasteiger partial charge in [-0.2, -0.15) is 0 Å². The molecule has 0 aliphatic heterocycles. The Kier molecular flexibility index (Phi) is 4.55. The van der Waals surface area contributed by atoms with Gasteiger partial charge in [0.25, 0.3) is 0 Å². The molecule has 1 atom stereocenters. The lowest BCUT2D eigenvalue weighted by atomic mass is 10.0. The predicted molar refractivity (Wildman–Crippen MR) is 79.9 cm³/mol. The minimum atomic E-state index is -0.143. The Hall–Kier alpha value is -0.690. The molecule has 0 saturated heterocycles. The molecule has 0 fully saturated rings. The third-order valence-electron chi connectivity index (χ3n) is 2.86. The number of hydrogen-bond acceptors (Lipinski definition) is 0.